The fraction of sp³-hybridized carbons (Fsp3) is 0.529. The van der Waals surface area contributed by atoms with Crippen LogP contribution in [0.2, 0.25) is 0 Å². The molecule has 1 saturated heterocycles. The number of rotatable bonds is 5. The monoisotopic (exact) mass is 336 g/mol. The molecule has 2 atom stereocenters. The normalized spacial score (nSPS) is 21.3. The Morgan fingerprint density at radius 1 is 1.35 bits per heavy atom. The van der Waals surface area contributed by atoms with Crippen LogP contribution in [-0.2, 0) is 4.79 Å². The van der Waals surface area contributed by atoms with Gasteiger partial charge in [-0.1, -0.05) is 32.0 Å². The molecule has 1 aromatic carbocycles. The van der Waals surface area contributed by atoms with Crippen molar-refractivity contribution < 1.29 is 14.7 Å². The third-order valence-corrected chi connectivity index (χ3v) is 4.88. The molecule has 1 aromatic rings. The second-order valence-electron chi connectivity index (χ2n) is 6.01. The largest absolute Gasteiger partial charge is 0.389 e. The first-order chi connectivity index (χ1) is 11.0. The molecule has 0 unspecified atom stereocenters. The number of carbonyl (C=O) groups excluding carboxylic acids is 2. The van der Waals surface area contributed by atoms with Crippen LogP contribution in [0.4, 0.5) is 0 Å². The lowest BCUT2D eigenvalue weighted by molar-refractivity contribution is -0.120. The van der Waals surface area contributed by atoms with Crippen molar-refractivity contribution in [1.82, 2.24) is 10.2 Å². The summed E-state index contributed by atoms with van der Waals surface area (Å²) in [6.07, 6.45) is -0.165. The van der Waals surface area contributed by atoms with Crippen LogP contribution < -0.4 is 5.32 Å². The standard InChI is InChI=1S/C17H24N2O3S/c1-12(2)23-11-16(21)18-14-8-9-19(10-15(14)20)17(22)13-6-4-3-5-7-13/h3-7,12,14-15,20H,8-11H2,1-2H3,(H,18,21)/t14-,15-/m1/s1. The highest BCUT2D eigenvalue weighted by Crippen LogP contribution is 2.15. The molecular formula is C17H24N2O3S. The second kappa shape index (κ2) is 8.36. The molecule has 0 spiro atoms. The second-order valence-corrected chi connectivity index (χ2v) is 7.57. The number of benzene rings is 1. The number of nitrogens with zero attached hydrogens (tertiary/aromatic N) is 1. The minimum absolute atomic E-state index is 0.0596. The topological polar surface area (TPSA) is 69.6 Å². The number of aliphatic hydroxyl groups excluding tert-OH is 1. The summed E-state index contributed by atoms with van der Waals surface area (Å²) in [6.45, 7) is 4.87. The van der Waals surface area contributed by atoms with Crippen molar-refractivity contribution in [3.8, 4) is 0 Å². The number of amides is 2. The van der Waals surface area contributed by atoms with Gasteiger partial charge in [0.25, 0.3) is 5.91 Å². The van der Waals surface area contributed by atoms with Gasteiger partial charge in [0.1, 0.15) is 0 Å². The molecule has 23 heavy (non-hydrogen) atoms. The Hall–Kier alpha value is -1.53. The van der Waals surface area contributed by atoms with Crippen LogP contribution in [0.3, 0.4) is 0 Å². The summed E-state index contributed by atoms with van der Waals surface area (Å²) >= 11 is 1.57. The van der Waals surface area contributed by atoms with Gasteiger partial charge in [0.15, 0.2) is 0 Å². The van der Waals surface area contributed by atoms with Crippen molar-refractivity contribution in [2.24, 2.45) is 0 Å². The van der Waals surface area contributed by atoms with E-state index in [4.69, 9.17) is 0 Å². The zero-order chi connectivity index (χ0) is 16.8. The Labute approximate surface area is 141 Å². The van der Waals surface area contributed by atoms with Gasteiger partial charge in [-0.25, -0.2) is 0 Å². The van der Waals surface area contributed by atoms with Crippen molar-refractivity contribution in [3.05, 3.63) is 35.9 Å². The maximum absolute atomic E-state index is 12.4. The molecule has 1 heterocycles. The third-order valence-electron chi connectivity index (χ3n) is 3.78. The molecular weight excluding hydrogens is 312 g/mol. The Morgan fingerprint density at radius 2 is 2.04 bits per heavy atom. The number of likely N-dealkylation sites (tertiary alicyclic amines) is 1. The average Bonchev–Trinajstić information content (AvgIpc) is 2.55. The van der Waals surface area contributed by atoms with Crippen LogP contribution >= 0.6 is 11.8 Å². The molecule has 5 nitrogen and oxygen atoms in total. The first kappa shape index (κ1) is 17.8. The van der Waals surface area contributed by atoms with Gasteiger partial charge in [-0.3, -0.25) is 9.59 Å². The number of β-amino-alcohol motifs (C(OH)–C–C–N with tert-alkyl or cyclic N) is 1. The number of hydrogen-bond donors (Lipinski definition) is 2. The number of hydrogen-bond acceptors (Lipinski definition) is 4. The maximum Gasteiger partial charge on any atom is 0.253 e. The van der Waals surface area contributed by atoms with Gasteiger partial charge in [0.05, 0.1) is 17.9 Å². The van der Waals surface area contributed by atoms with Gasteiger partial charge in [0, 0.05) is 18.7 Å². The summed E-state index contributed by atoms with van der Waals surface area (Å²) in [7, 11) is 0. The Balaban J connectivity index is 1.85. The number of nitrogens with one attached hydrogen (secondary N) is 1. The van der Waals surface area contributed by atoms with E-state index in [1.807, 2.05) is 32.0 Å². The van der Waals surface area contributed by atoms with Crippen LogP contribution in [0, 0.1) is 0 Å². The van der Waals surface area contributed by atoms with Gasteiger partial charge >= 0.3 is 0 Å². The van der Waals surface area contributed by atoms with Gasteiger partial charge < -0.3 is 15.3 Å². The maximum atomic E-state index is 12.4. The number of piperidine rings is 1. The number of carbonyl (C=O) groups is 2. The molecule has 126 valence electrons. The van der Waals surface area contributed by atoms with E-state index in [0.29, 0.717) is 29.5 Å². The predicted octanol–water partition coefficient (Wildman–Crippen LogP) is 1.52. The van der Waals surface area contributed by atoms with E-state index < -0.39 is 6.10 Å². The smallest absolute Gasteiger partial charge is 0.253 e. The SMILES string of the molecule is CC(C)SCC(=O)N[C@@H]1CCN(C(=O)c2ccccc2)C[C@H]1O. The minimum atomic E-state index is -0.732. The van der Waals surface area contributed by atoms with Gasteiger partial charge in [-0.05, 0) is 23.8 Å². The quantitative estimate of drug-likeness (QED) is 0.855. The number of thioether (sulfide) groups is 1. The van der Waals surface area contributed by atoms with Gasteiger partial charge in [0.2, 0.25) is 5.91 Å². The van der Waals surface area contributed by atoms with E-state index >= 15 is 0 Å². The van der Waals surface area contributed by atoms with Crippen molar-refractivity contribution in [2.75, 3.05) is 18.8 Å². The summed E-state index contributed by atoms with van der Waals surface area (Å²) in [5.41, 5.74) is 0.621. The zero-order valence-electron chi connectivity index (χ0n) is 13.6. The Kier molecular flexibility index (Phi) is 6.47. The lowest BCUT2D eigenvalue weighted by Gasteiger charge is -2.36. The molecule has 0 aliphatic carbocycles. The summed E-state index contributed by atoms with van der Waals surface area (Å²) < 4.78 is 0. The van der Waals surface area contributed by atoms with E-state index in [9.17, 15) is 14.7 Å². The van der Waals surface area contributed by atoms with Crippen LogP contribution in [-0.4, -0.2) is 58.1 Å². The van der Waals surface area contributed by atoms with Crippen LogP contribution in [0.1, 0.15) is 30.6 Å². The lowest BCUT2D eigenvalue weighted by atomic mass is 10.0. The molecule has 6 heteroatoms. The van der Waals surface area contributed by atoms with Crippen molar-refractivity contribution in [2.45, 2.75) is 37.7 Å². The fourth-order valence-electron chi connectivity index (χ4n) is 2.54. The molecule has 1 aliphatic heterocycles. The summed E-state index contributed by atoms with van der Waals surface area (Å²) in [5.74, 6) is 0.258. The molecule has 2 amide bonds. The van der Waals surface area contributed by atoms with E-state index in [2.05, 4.69) is 5.32 Å². The molecule has 0 radical (unpaired) electrons. The molecule has 2 N–H and O–H groups in total. The summed E-state index contributed by atoms with van der Waals surface area (Å²) in [5, 5.41) is 13.5. The molecule has 0 saturated carbocycles. The van der Waals surface area contributed by atoms with Crippen molar-refractivity contribution >= 4 is 23.6 Å². The van der Waals surface area contributed by atoms with Gasteiger partial charge in [-0.15, -0.1) is 11.8 Å². The van der Waals surface area contributed by atoms with E-state index in [0.717, 1.165) is 0 Å². The molecule has 1 fully saturated rings. The third kappa shape index (κ3) is 5.25. The highest BCUT2D eigenvalue weighted by Gasteiger charge is 2.31. The first-order valence-corrected chi connectivity index (χ1v) is 8.95. The summed E-state index contributed by atoms with van der Waals surface area (Å²) in [6, 6.07) is 8.77. The fourth-order valence-corrected chi connectivity index (χ4v) is 3.11. The Bertz CT molecular complexity index is 536. The summed E-state index contributed by atoms with van der Waals surface area (Å²) in [4.78, 5) is 25.9. The molecule has 0 bridgehead atoms. The Morgan fingerprint density at radius 3 is 2.65 bits per heavy atom. The van der Waals surface area contributed by atoms with E-state index in [1.165, 1.54) is 0 Å². The molecule has 2 rings (SSSR count). The van der Waals surface area contributed by atoms with Crippen LogP contribution in [0.15, 0.2) is 30.3 Å². The first-order valence-electron chi connectivity index (χ1n) is 7.90. The van der Waals surface area contributed by atoms with Crippen LogP contribution in [0.5, 0.6) is 0 Å². The van der Waals surface area contributed by atoms with Gasteiger partial charge in [-0.2, -0.15) is 0 Å². The van der Waals surface area contributed by atoms with Crippen LogP contribution in [0.25, 0.3) is 0 Å². The highest BCUT2D eigenvalue weighted by atomic mass is 32.2. The molecule has 0 aromatic heterocycles. The number of aliphatic hydroxyl groups is 1. The van der Waals surface area contributed by atoms with Crippen molar-refractivity contribution in [1.29, 1.82) is 0 Å². The zero-order valence-corrected chi connectivity index (χ0v) is 14.4. The average molecular weight is 336 g/mol. The molecule has 1 aliphatic rings. The van der Waals surface area contributed by atoms with E-state index in [1.54, 1.807) is 28.8 Å². The van der Waals surface area contributed by atoms with E-state index in [-0.39, 0.29) is 24.4 Å². The predicted molar refractivity (Wildman–Crippen MR) is 92.5 cm³/mol. The van der Waals surface area contributed by atoms with Crippen molar-refractivity contribution in [3.63, 3.8) is 0 Å². The minimum Gasteiger partial charge on any atom is -0.389 e. The highest BCUT2D eigenvalue weighted by molar-refractivity contribution is 8.00. The lowest BCUT2D eigenvalue weighted by Crippen LogP contribution is -2.55.